The average Bonchev–Trinajstić information content (AvgIpc) is 0.844. The number of ketones is 6. The Hall–Kier alpha value is -14.5. The fourth-order valence-corrected chi connectivity index (χ4v) is 12.3. The largest absolute Gasteiger partial charge is 0.497 e. The minimum atomic E-state index is -0.354. The number of methoxy groups -OCH3 is 2. The molecule has 13 aromatic carbocycles. The van der Waals surface area contributed by atoms with Crippen LogP contribution in [0, 0.1) is 0 Å². The molecular formula is C101H88Cl4N6O14. The Balaban J connectivity index is 0.000000186. The van der Waals surface area contributed by atoms with Crippen LogP contribution in [0.2, 0.25) is 20.1 Å². The van der Waals surface area contributed by atoms with Crippen LogP contribution in [0.5, 0.6) is 11.5 Å². The molecule has 0 unspecified atom stereocenters. The summed E-state index contributed by atoms with van der Waals surface area (Å²) in [6.45, 7) is 11.1. The Morgan fingerprint density at radius 2 is 0.544 bits per heavy atom. The monoisotopic (exact) mass is 1750 g/mol. The molecule has 0 aliphatic heterocycles. The third-order valence-corrected chi connectivity index (χ3v) is 19.3. The molecule has 0 heterocycles. The normalized spacial score (nSPS) is 10.1. The SMILES string of the molecule is CC(=O)c1ccc(NC(=O)c2cc(Cl)cc(Cl)c2)cc1.CC(=O)c1ccc(NC(=O)c2cc(Cl)ccc2Cl)cc1.CC(=O)c1ccc(NC(=O)c2ccc(-c3ccccc3)cc2)cc1.CCCc1ccc(C(=O)Nc2ccc(C(C)=O)cc2)cc1.COc1ccc(C(=O)Nc2ccc(C(C)=O)cc2)cc1.COc1cccc(C(=O)Nc2ccc(C(C)=O)cc2)c1. The summed E-state index contributed by atoms with van der Waals surface area (Å²) in [5.74, 6) is -0.126. The van der Waals surface area contributed by atoms with Crippen LogP contribution in [0.4, 0.5) is 34.1 Å². The van der Waals surface area contributed by atoms with Gasteiger partial charge in [-0.25, -0.2) is 0 Å². The zero-order chi connectivity index (χ0) is 90.7. The predicted octanol–water partition coefficient (Wildman–Crippen LogP) is 24.1. The number of hydrogen-bond acceptors (Lipinski definition) is 14. The molecule has 125 heavy (non-hydrogen) atoms. The number of hydrogen-bond donors (Lipinski definition) is 6. The summed E-state index contributed by atoms with van der Waals surface area (Å²) in [6.07, 6.45) is 2.11. The average molecular weight is 1750 g/mol. The maximum Gasteiger partial charge on any atom is 0.257 e. The number of carbonyl (C=O) groups excluding carboxylic acids is 12. The van der Waals surface area contributed by atoms with Gasteiger partial charge in [0.05, 0.1) is 24.8 Å². The third kappa shape index (κ3) is 31.1. The number of carbonyl (C=O) groups is 12. The van der Waals surface area contributed by atoms with E-state index in [1.165, 1.54) is 65.3 Å². The second kappa shape index (κ2) is 48.2. The van der Waals surface area contributed by atoms with Crippen molar-refractivity contribution in [2.24, 2.45) is 0 Å². The van der Waals surface area contributed by atoms with Crippen molar-refractivity contribution in [1.82, 2.24) is 0 Å². The lowest BCUT2D eigenvalue weighted by Gasteiger charge is -2.07. The number of ether oxygens (including phenoxy) is 2. The second-order valence-corrected chi connectivity index (χ2v) is 29.4. The van der Waals surface area contributed by atoms with Crippen molar-refractivity contribution < 1.29 is 67.0 Å². The number of rotatable bonds is 23. The molecule has 24 heteroatoms. The molecule has 0 atom stereocenters. The molecule has 634 valence electrons. The quantitative estimate of drug-likeness (QED) is 0.0325. The lowest BCUT2D eigenvalue weighted by atomic mass is 10.0. The first-order valence-corrected chi connectivity index (χ1v) is 40.3. The van der Waals surface area contributed by atoms with Gasteiger partial charge < -0.3 is 41.4 Å². The smallest absolute Gasteiger partial charge is 0.257 e. The molecule has 0 saturated carbocycles. The van der Waals surface area contributed by atoms with Crippen molar-refractivity contribution >= 4 is 151 Å². The standard InChI is InChI=1S/C21H17NO2.C18H19NO2.2C16H15NO3.2C15H11Cl2NO2/c1-15(23)16-11-13-20(14-12-16)22-21(24)19-9-7-18(8-10-19)17-5-3-2-4-6-17;1-3-4-14-5-7-16(8-6-14)18(21)19-17-11-9-15(10-12-17)13(2)20;1-11(18)12-3-7-14(8-4-12)17-16(19)13-5-9-15(20-2)10-6-13;1-11(18)12-6-8-14(9-7-12)17-16(19)13-4-3-5-15(10-13)20-2;1-9(19)10-2-5-12(6-3-10)18-15(20)13-8-11(16)4-7-14(13)17;1-9(19)10-2-4-14(5-3-10)18-15(20)11-6-12(16)8-13(17)7-11/h2-14H,1H3,(H,22,24);5-12H,3-4H2,1-2H3,(H,19,21);2*3-10H,1-2H3,(H,17,19);2*2-8H,1H3,(H,18,20). The van der Waals surface area contributed by atoms with Gasteiger partial charge in [-0.2, -0.15) is 0 Å². The summed E-state index contributed by atoms with van der Waals surface area (Å²) >= 11 is 23.5. The Morgan fingerprint density at radius 1 is 0.248 bits per heavy atom. The molecule has 13 rings (SSSR count). The number of amides is 6. The van der Waals surface area contributed by atoms with Crippen molar-refractivity contribution in [3.63, 3.8) is 0 Å². The highest BCUT2D eigenvalue weighted by atomic mass is 35.5. The molecule has 0 aliphatic carbocycles. The lowest BCUT2D eigenvalue weighted by molar-refractivity contribution is 0.100. The van der Waals surface area contributed by atoms with E-state index in [1.54, 1.807) is 227 Å². The van der Waals surface area contributed by atoms with Gasteiger partial charge in [0.25, 0.3) is 35.4 Å². The molecule has 13 aromatic rings. The van der Waals surface area contributed by atoms with Crippen LogP contribution >= 0.6 is 46.4 Å². The number of Topliss-reactive ketones (excluding diaryl/α,β-unsaturated/α-hetero) is 6. The van der Waals surface area contributed by atoms with E-state index in [2.05, 4.69) is 38.8 Å². The minimum Gasteiger partial charge on any atom is -0.497 e. The van der Waals surface area contributed by atoms with Crippen LogP contribution in [-0.4, -0.2) is 84.4 Å². The zero-order valence-electron chi connectivity index (χ0n) is 69.6. The van der Waals surface area contributed by atoms with E-state index in [4.69, 9.17) is 55.9 Å². The van der Waals surface area contributed by atoms with E-state index in [9.17, 15) is 57.5 Å². The first kappa shape index (κ1) is 95.9. The molecule has 6 N–H and O–H groups in total. The number of anilines is 6. The maximum absolute atomic E-state index is 12.3. The Morgan fingerprint density at radius 3 is 0.872 bits per heavy atom. The number of aryl methyl sites for hydroxylation is 1. The summed E-state index contributed by atoms with van der Waals surface area (Å²) in [5.41, 5.74) is 13.9. The van der Waals surface area contributed by atoms with Crippen molar-refractivity contribution in [3.8, 4) is 22.6 Å². The number of halogens is 4. The summed E-state index contributed by atoms with van der Waals surface area (Å²) in [5, 5.41) is 18.2. The van der Waals surface area contributed by atoms with Gasteiger partial charge in [-0.15, -0.1) is 0 Å². The topological polar surface area (TPSA) is 295 Å². The van der Waals surface area contributed by atoms with Gasteiger partial charge in [0.2, 0.25) is 0 Å². The molecule has 0 aromatic heterocycles. The minimum absolute atomic E-state index is 0.00182. The van der Waals surface area contributed by atoms with Crippen LogP contribution in [0.15, 0.2) is 309 Å². The summed E-state index contributed by atoms with van der Waals surface area (Å²) < 4.78 is 10.1. The van der Waals surface area contributed by atoms with Crippen LogP contribution < -0.4 is 41.4 Å². The van der Waals surface area contributed by atoms with E-state index >= 15 is 0 Å². The van der Waals surface area contributed by atoms with E-state index in [1.807, 2.05) is 78.9 Å². The molecule has 0 aliphatic rings. The highest BCUT2D eigenvalue weighted by Gasteiger charge is 2.16. The second-order valence-electron chi connectivity index (χ2n) is 27.7. The molecule has 0 fully saturated rings. The van der Waals surface area contributed by atoms with Gasteiger partial charge in [-0.3, -0.25) is 57.5 Å². The van der Waals surface area contributed by atoms with Gasteiger partial charge in [0.1, 0.15) is 11.5 Å². The van der Waals surface area contributed by atoms with E-state index in [-0.39, 0.29) is 70.1 Å². The first-order chi connectivity index (χ1) is 59.8. The van der Waals surface area contributed by atoms with Crippen LogP contribution in [0.3, 0.4) is 0 Å². The fraction of sp³-hybridized carbons (Fsp3) is 0.109. The van der Waals surface area contributed by atoms with Crippen molar-refractivity contribution in [3.05, 3.63) is 402 Å². The Kier molecular flexibility index (Phi) is 37.0. The molecular weight excluding hydrogens is 1660 g/mol. The lowest BCUT2D eigenvalue weighted by Crippen LogP contribution is -2.12. The van der Waals surface area contributed by atoms with Crippen molar-refractivity contribution in [2.75, 3.05) is 46.1 Å². The molecule has 0 bridgehead atoms. The van der Waals surface area contributed by atoms with Crippen LogP contribution in [-0.2, 0) is 6.42 Å². The van der Waals surface area contributed by atoms with Gasteiger partial charge in [-0.05, 0) is 313 Å². The molecule has 0 radical (unpaired) electrons. The highest BCUT2D eigenvalue weighted by Crippen LogP contribution is 2.27. The van der Waals surface area contributed by atoms with Gasteiger partial charge in [0, 0.05) is 110 Å². The molecule has 0 spiro atoms. The molecule has 6 amide bonds. The van der Waals surface area contributed by atoms with E-state index in [0.717, 1.165) is 24.0 Å². The fourth-order valence-electron chi connectivity index (χ4n) is 11.4. The van der Waals surface area contributed by atoms with Gasteiger partial charge in [-0.1, -0.05) is 120 Å². The van der Waals surface area contributed by atoms with Crippen molar-refractivity contribution in [2.45, 2.75) is 61.3 Å². The molecule has 20 nitrogen and oxygen atoms in total. The van der Waals surface area contributed by atoms with Gasteiger partial charge >= 0.3 is 0 Å². The number of benzene rings is 13. The van der Waals surface area contributed by atoms with Crippen LogP contribution in [0.25, 0.3) is 11.1 Å². The highest BCUT2D eigenvalue weighted by molar-refractivity contribution is 6.37. The Bertz CT molecular complexity index is 5940. The number of nitrogens with one attached hydrogen (secondary N) is 6. The maximum atomic E-state index is 12.3. The summed E-state index contributed by atoms with van der Waals surface area (Å²) in [7, 11) is 3.13. The third-order valence-electron chi connectivity index (χ3n) is 18.3. The molecule has 0 saturated heterocycles. The van der Waals surface area contributed by atoms with Crippen molar-refractivity contribution in [1.29, 1.82) is 0 Å². The van der Waals surface area contributed by atoms with Crippen LogP contribution in [0.1, 0.15) is 185 Å². The summed E-state index contributed by atoms with van der Waals surface area (Å²) in [4.78, 5) is 140. The van der Waals surface area contributed by atoms with E-state index in [0.29, 0.717) is 132 Å². The zero-order valence-corrected chi connectivity index (χ0v) is 72.6. The predicted molar refractivity (Wildman–Crippen MR) is 498 cm³/mol. The summed E-state index contributed by atoms with van der Waals surface area (Å²) in [6, 6.07) is 88.8. The van der Waals surface area contributed by atoms with E-state index < -0.39 is 0 Å². The van der Waals surface area contributed by atoms with Gasteiger partial charge in [0.15, 0.2) is 34.7 Å². The Labute approximate surface area is 744 Å². The first-order valence-electron chi connectivity index (χ1n) is 38.8.